The van der Waals surface area contributed by atoms with Gasteiger partial charge in [-0.15, -0.1) is 0 Å². The number of aromatic nitrogens is 2. The van der Waals surface area contributed by atoms with E-state index in [4.69, 9.17) is 31.3 Å². The van der Waals surface area contributed by atoms with Gasteiger partial charge in [-0.1, -0.05) is 16.8 Å². The van der Waals surface area contributed by atoms with E-state index in [0.717, 1.165) is 0 Å². The summed E-state index contributed by atoms with van der Waals surface area (Å²) in [5.74, 6) is 1.74. The molecule has 0 radical (unpaired) electrons. The summed E-state index contributed by atoms with van der Waals surface area (Å²) in [6.07, 6.45) is -0.0373. The van der Waals surface area contributed by atoms with Gasteiger partial charge in [0.2, 0.25) is 11.7 Å². The number of benzene rings is 1. The van der Waals surface area contributed by atoms with E-state index in [0.29, 0.717) is 33.8 Å². The van der Waals surface area contributed by atoms with E-state index in [1.165, 1.54) is 0 Å². The first-order valence-electron chi connectivity index (χ1n) is 6.12. The molecule has 2 aromatic rings. The molecular formula is C13H16ClN3O3. The summed E-state index contributed by atoms with van der Waals surface area (Å²) in [4.78, 5) is 4.19. The summed E-state index contributed by atoms with van der Waals surface area (Å²) in [6, 6.07) is 3.37. The van der Waals surface area contributed by atoms with E-state index in [2.05, 4.69) is 10.1 Å². The number of halogens is 1. The quantitative estimate of drug-likeness (QED) is 0.913. The fourth-order valence-electron chi connectivity index (χ4n) is 1.69. The van der Waals surface area contributed by atoms with Crippen molar-refractivity contribution in [3.63, 3.8) is 0 Å². The van der Waals surface area contributed by atoms with E-state index >= 15 is 0 Å². The third-order valence-electron chi connectivity index (χ3n) is 2.48. The van der Waals surface area contributed by atoms with Crippen LogP contribution in [0.15, 0.2) is 16.7 Å². The zero-order valence-corrected chi connectivity index (χ0v) is 12.3. The Balaban J connectivity index is 2.56. The molecule has 1 aromatic heterocycles. The highest BCUT2D eigenvalue weighted by atomic mass is 35.5. The van der Waals surface area contributed by atoms with Crippen LogP contribution in [-0.2, 0) is 6.54 Å². The second-order valence-electron chi connectivity index (χ2n) is 4.37. The van der Waals surface area contributed by atoms with Gasteiger partial charge in [-0.05, 0) is 19.9 Å². The molecule has 20 heavy (non-hydrogen) atoms. The minimum Gasteiger partial charge on any atom is -0.493 e. The second-order valence-corrected chi connectivity index (χ2v) is 4.80. The van der Waals surface area contributed by atoms with E-state index in [9.17, 15) is 0 Å². The molecule has 6 nitrogen and oxygen atoms in total. The van der Waals surface area contributed by atoms with Crippen molar-refractivity contribution in [2.24, 2.45) is 5.73 Å². The Morgan fingerprint density at radius 3 is 2.70 bits per heavy atom. The molecule has 0 spiro atoms. The molecule has 0 aliphatic rings. The fourth-order valence-corrected chi connectivity index (χ4v) is 1.90. The van der Waals surface area contributed by atoms with Crippen LogP contribution >= 0.6 is 11.6 Å². The minimum absolute atomic E-state index is 0.0373. The van der Waals surface area contributed by atoms with Crippen LogP contribution in [-0.4, -0.2) is 23.4 Å². The maximum atomic E-state index is 6.08. The normalized spacial score (nSPS) is 10.9. The van der Waals surface area contributed by atoms with E-state index < -0.39 is 0 Å². The van der Waals surface area contributed by atoms with Gasteiger partial charge in [0.05, 0.1) is 25.3 Å². The fraction of sp³-hybridized carbons (Fsp3) is 0.385. The molecule has 0 fully saturated rings. The largest absolute Gasteiger partial charge is 0.493 e. The first-order chi connectivity index (χ1) is 9.55. The number of ether oxygens (including phenoxy) is 2. The van der Waals surface area contributed by atoms with Gasteiger partial charge in [0, 0.05) is 11.1 Å². The monoisotopic (exact) mass is 297 g/mol. The lowest BCUT2D eigenvalue weighted by Crippen LogP contribution is -2.08. The third-order valence-corrected chi connectivity index (χ3v) is 2.69. The minimum atomic E-state index is -0.0373. The van der Waals surface area contributed by atoms with Gasteiger partial charge in [-0.25, -0.2) is 0 Å². The van der Waals surface area contributed by atoms with Gasteiger partial charge in [0.25, 0.3) is 0 Å². The number of hydrogen-bond donors (Lipinski definition) is 1. The van der Waals surface area contributed by atoms with E-state index in [1.807, 2.05) is 13.8 Å². The lowest BCUT2D eigenvalue weighted by atomic mass is 10.1. The molecule has 0 atom stereocenters. The van der Waals surface area contributed by atoms with Crippen LogP contribution in [0.3, 0.4) is 0 Å². The molecule has 0 amide bonds. The van der Waals surface area contributed by atoms with Crippen molar-refractivity contribution in [2.45, 2.75) is 26.5 Å². The molecule has 2 rings (SSSR count). The number of hydrogen-bond acceptors (Lipinski definition) is 6. The van der Waals surface area contributed by atoms with Gasteiger partial charge < -0.3 is 19.7 Å². The van der Waals surface area contributed by atoms with Crippen LogP contribution in [0, 0.1) is 0 Å². The van der Waals surface area contributed by atoms with Crippen molar-refractivity contribution in [2.75, 3.05) is 7.11 Å². The molecule has 0 aliphatic carbocycles. The van der Waals surface area contributed by atoms with Crippen molar-refractivity contribution < 1.29 is 14.0 Å². The molecule has 1 heterocycles. The molecule has 0 unspecified atom stereocenters. The van der Waals surface area contributed by atoms with E-state index in [1.54, 1.807) is 19.2 Å². The van der Waals surface area contributed by atoms with E-state index in [-0.39, 0.29) is 12.6 Å². The number of nitrogens with zero attached hydrogens (tertiary/aromatic N) is 2. The molecule has 0 bridgehead atoms. The molecule has 0 aliphatic heterocycles. The highest BCUT2D eigenvalue weighted by Gasteiger charge is 2.19. The lowest BCUT2D eigenvalue weighted by Gasteiger charge is -2.16. The SMILES string of the molecule is COc1cc(Cl)cc(-c2noc(CN)n2)c1OC(C)C. The zero-order chi connectivity index (χ0) is 14.7. The Hall–Kier alpha value is -1.79. The summed E-state index contributed by atoms with van der Waals surface area (Å²) in [6.45, 7) is 4.00. The van der Waals surface area contributed by atoms with Crippen LogP contribution in [0.1, 0.15) is 19.7 Å². The van der Waals surface area contributed by atoms with Crippen LogP contribution in [0.25, 0.3) is 11.4 Å². The van der Waals surface area contributed by atoms with Crippen molar-refractivity contribution in [1.29, 1.82) is 0 Å². The summed E-state index contributed by atoms with van der Waals surface area (Å²) in [7, 11) is 1.55. The lowest BCUT2D eigenvalue weighted by molar-refractivity contribution is 0.231. The Bertz CT molecular complexity index is 599. The van der Waals surface area contributed by atoms with Gasteiger partial charge in [0.1, 0.15) is 0 Å². The van der Waals surface area contributed by atoms with Gasteiger partial charge in [0.15, 0.2) is 11.5 Å². The van der Waals surface area contributed by atoms with Crippen LogP contribution in [0.2, 0.25) is 5.02 Å². The molecular weight excluding hydrogens is 282 g/mol. The van der Waals surface area contributed by atoms with Crippen LogP contribution < -0.4 is 15.2 Å². The summed E-state index contributed by atoms with van der Waals surface area (Å²) >= 11 is 6.08. The maximum absolute atomic E-state index is 6.08. The Kier molecular flexibility index (Phi) is 4.46. The molecule has 0 saturated carbocycles. The van der Waals surface area contributed by atoms with Crippen molar-refractivity contribution in [1.82, 2.24) is 10.1 Å². The second kappa shape index (κ2) is 6.11. The van der Waals surface area contributed by atoms with Gasteiger partial charge in [-0.3, -0.25) is 0 Å². The predicted octanol–water partition coefficient (Wildman–Crippen LogP) is 2.64. The average Bonchev–Trinajstić information content (AvgIpc) is 2.88. The summed E-state index contributed by atoms with van der Waals surface area (Å²) in [5, 5.41) is 4.37. The molecule has 1 aromatic carbocycles. The van der Waals surface area contributed by atoms with Crippen molar-refractivity contribution in [3.8, 4) is 22.9 Å². The first kappa shape index (κ1) is 14.6. The Labute approximate surface area is 121 Å². The standard InChI is InChI=1S/C13H16ClN3O3/c1-7(2)19-12-9(4-8(14)5-10(12)18-3)13-16-11(6-15)20-17-13/h4-5,7H,6,15H2,1-3H3. The molecule has 0 saturated heterocycles. The van der Waals surface area contributed by atoms with Crippen LogP contribution in [0.5, 0.6) is 11.5 Å². The highest BCUT2D eigenvalue weighted by Crippen LogP contribution is 2.40. The predicted molar refractivity (Wildman–Crippen MR) is 75.0 cm³/mol. The van der Waals surface area contributed by atoms with Gasteiger partial charge >= 0.3 is 0 Å². The smallest absolute Gasteiger partial charge is 0.240 e. The summed E-state index contributed by atoms with van der Waals surface area (Å²) in [5.41, 5.74) is 6.07. The topological polar surface area (TPSA) is 83.4 Å². The third kappa shape index (κ3) is 3.02. The number of methoxy groups -OCH3 is 1. The Morgan fingerprint density at radius 1 is 1.40 bits per heavy atom. The van der Waals surface area contributed by atoms with Crippen molar-refractivity contribution in [3.05, 3.63) is 23.0 Å². The zero-order valence-electron chi connectivity index (χ0n) is 11.5. The number of rotatable bonds is 5. The first-order valence-corrected chi connectivity index (χ1v) is 6.50. The van der Waals surface area contributed by atoms with Gasteiger partial charge in [-0.2, -0.15) is 4.98 Å². The number of nitrogens with two attached hydrogens (primary N) is 1. The average molecular weight is 298 g/mol. The van der Waals surface area contributed by atoms with Crippen LogP contribution in [0.4, 0.5) is 0 Å². The highest BCUT2D eigenvalue weighted by molar-refractivity contribution is 6.31. The molecule has 7 heteroatoms. The Morgan fingerprint density at radius 2 is 2.15 bits per heavy atom. The maximum Gasteiger partial charge on any atom is 0.240 e. The summed E-state index contributed by atoms with van der Waals surface area (Å²) < 4.78 is 16.1. The molecule has 2 N–H and O–H groups in total. The van der Waals surface area contributed by atoms with Crippen molar-refractivity contribution >= 4 is 11.6 Å². The molecule has 108 valence electrons.